The Hall–Kier alpha value is -3.42. The SMILES string of the molecule is CC(C)(C)c1cc(NC(=O)CNC(=O)c2cc(-c3ccccc3)on2)n(C(C)(C)C)n1. The van der Waals surface area contributed by atoms with Gasteiger partial charge in [-0.3, -0.25) is 9.59 Å². The van der Waals surface area contributed by atoms with Crippen molar-refractivity contribution in [3.63, 3.8) is 0 Å². The van der Waals surface area contributed by atoms with E-state index >= 15 is 0 Å². The highest BCUT2D eigenvalue weighted by Crippen LogP contribution is 2.28. The first-order valence-electron chi connectivity index (χ1n) is 10.2. The molecule has 0 aliphatic carbocycles. The maximum Gasteiger partial charge on any atom is 0.273 e. The highest BCUT2D eigenvalue weighted by Gasteiger charge is 2.26. The summed E-state index contributed by atoms with van der Waals surface area (Å²) < 4.78 is 7.03. The molecule has 2 aromatic heterocycles. The third kappa shape index (κ3) is 5.39. The maximum absolute atomic E-state index is 12.5. The molecule has 0 unspecified atom stereocenters. The molecule has 0 saturated heterocycles. The van der Waals surface area contributed by atoms with E-state index in [2.05, 4.69) is 41.7 Å². The molecule has 0 fully saturated rings. The second-order valence-corrected chi connectivity index (χ2v) is 9.42. The summed E-state index contributed by atoms with van der Waals surface area (Å²) in [5, 5.41) is 13.9. The number of rotatable bonds is 5. The molecular formula is C23H29N5O3. The van der Waals surface area contributed by atoms with Crippen LogP contribution in [0.4, 0.5) is 5.82 Å². The average Bonchev–Trinajstić information content (AvgIpc) is 3.34. The molecule has 0 saturated carbocycles. The normalized spacial score (nSPS) is 11.9. The smallest absolute Gasteiger partial charge is 0.273 e. The molecule has 0 aliphatic heterocycles. The second kappa shape index (κ2) is 8.37. The van der Waals surface area contributed by atoms with Gasteiger partial charge in [0.2, 0.25) is 5.91 Å². The minimum atomic E-state index is -0.485. The van der Waals surface area contributed by atoms with Gasteiger partial charge >= 0.3 is 0 Å². The number of benzene rings is 1. The third-order valence-electron chi connectivity index (χ3n) is 4.59. The number of nitrogens with one attached hydrogen (secondary N) is 2. The van der Waals surface area contributed by atoms with Crippen LogP contribution in [0.2, 0.25) is 0 Å². The maximum atomic E-state index is 12.5. The van der Waals surface area contributed by atoms with Gasteiger partial charge in [0, 0.05) is 23.1 Å². The molecule has 2 heterocycles. The molecule has 0 spiro atoms. The molecule has 1 aromatic carbocycles. The van der Waals surface area contributed by atoms with Crippen LogP contribution in [-0.4, -0.2) is 33.3 Å². The summed E-state index contributed by atoms with van der Waals surface area (Å²) in [6, 6.07) is 12.8. The largest absolute Gasteiger partial charge is 0.355 e. The van der Waals surface area contributed by atoms with Crippen molar-refractivity contribution in [2.45, 2.75) is 52.5 Å². The second-order valence-electron chi connectivity index (χ2n) is 9.42. The van der Waals surface area contributed by atoms with Crippen molar-refractivity contribution < 1.29 is 14.1 Å². The fourth-order valence-electron chi connectivity index (χ4n) is 2.91. The van der Waals surface area contributed by atoms with E-state index < -0.39 is 5.91 Å². The number of carbonyl (C=O) groups excluding carboxylic acids is 2. The lowest BCUT2D eigenvalue weighted by Gasteiger charge is -2.23. The fraction of sp³-hybridized carbons (Fsp3) is 0.391. The minimum absolute atomic E-state index is 0.112. The van der Waals surface area contributed by atoms with E-state index in [-0.39, 0.29) is 29.1 Å². The summed E-state index contributed by atoms with van der Waals surface area (Å²) in [4.78, 5) is 24.9. The molecule has 3 aromatic rings. The van der Waals surface area contributed by atoms with Crippen LogP contribution in [0.15, 0.2) is 47.0 Å². The van der Waals surface area contributed by atoms with Crippen LogP contribution in [0.25, 0.3) is 11.3 Å². The zero-order valence-electron chi connectivity index (χ0n) is 18.8. The van der Waals surface area contributed by atoms with Crippen LogP contribution in [0.3, 0.4) is 0 Å². The first-order valence-corrected chi connectivity index (χ1v) is 10.2. The van der Waals surface area contributed by atoms with E-state index in [1.807, 2.05) is 57.2 Å². The van der Waals surface area contributed by atoms with E-state index in [9.17, 15) is 9.59 Å². The van der Waals surface area contributed by atoms with E-state index in [4.69, 9.17) is 4.52 Å². The quantitative estimate of drug-likeness (QED) is 0.647. The van der Waals surface area contributed by atoms with Gasteiger partial charge in [0.25, 0.3) is 5.91 Å². The zero-order chi connectivity index (χ0) is 22.8. The topological polar surface area (TPSA) is 102 Å². The first-order chi connectivity index (χ1) is 14.4. The summed E-state index contributed by atoms with van der Waals surface area (Å²) in [5.74, 6) is 0.232. The van der Waals surface area contributed by atoms with Gasteiger partial charge < -0.3 is 15.2 Å². The summed E-state index contributed by atoms with van der Waals surface area (Å²) in [5.41, 5.74) is 1.33. The lowest BCUT2D eigenvalue weighted by Crippen LogP contribution is -2.34. The Kier molecular flexibility index (Phi) is 6.01. The molecule has 3 rings (SSSR count). The van der Waals surface area contributed by atoms with Gasteiger partial charge in [-0.1, -0.05) is 56.3 Å². The molecule has 2 N–H and O–H groups in total. The molecule has 2 amide bonds. The Morgan fingerprint density at radius 3 is 2.32 bits per heavy atom. The van der Waals surface area contributed by atoms with Gasteiger partial charge in [-0.25, -0.2) is 4.68 Å². The highest BCUT2D eigenvalue weighted by atomic mass is 16.5. The number of hydrogen-bond acceptors (Lipinski definition) is 5. The summed E-state index contributed by atoms with van der Waals surface area (Å²) in [6.07, 6.45) is 0. The van der Waals surface area contributed by atoms with Crippen LogP contribution >= 0.6 is 0 Å². The molecule has 164 valence electrons. The van der Waals surface area contributed by atoms with Gasteiger partial charge in [-0.15, -0.1) is 0 Å². The first kappa shape index (κ1) is 22.3. The summed E-state index contributed by atoms with van der Waals surface area (Å²) in [7, 11) is 0. The molecular weight excluding hydrogens is 394 g/mol. The zero-order valence-corrected chi connectivity index (χ0v) is 18.8. The van der Waals surface area contributed by atoms with E-state index in [1.165, 1.54) is 0 Å². The van der Waals surface area contributed by atoms with Gasteiger partial charge in [-0.05, 0) is 20.8 Å². The van der Waals surface area contributed by atoms with Crippen LogP contribution in [0.1, 0.15) is 57.7 Å². The van der Waals surface area contributed by atoms with Crippen molar-refractivity contribution in [1.82, 2.24) is 20.3 Å². The monoisotopic (exact) mass is 423 g/mol. The minimum Gasteiger partial charge on any atom is -0.355 e. The van der Waals surface area contributed by atoms with Crippen molar-refractivity contribution in [3.05, 3.63) is 53.9 Å². The predicted molar refractivity (Wildman–Crippen MR) is 119 cm³/mol. The van der Waals surface area contributed by atoms with Gasteiger partial charge in [-0.2, -0.15) is 5.10 Å². The summed E-state index contributed by atoms with van der Waals surface area (Å²) >= 11 is 0. The molecule has 0 atom stereocenters. The number of nitrogens with zero attached hydrogens (tertiary/aromatic N) is 3. The number of amides is 2. The van der Waals surface area contributed by atoms with Gasteiger partial charge in [0.1, 0.15) is 5.82 Å². The third-order valence-corrected chi connectivity index (χ3v) is 4.59. The van der Waals surface area contributed by atoms with Crippen molar-refractivity contribution in [2.24, 2.45) is 0 Å². The summed E-state index contributed by atoms with van der Waals surface area (Å²) in [6.45, 7) is 12.0. The molecule has 0 bridgehead atoms. The number of aromatic nitrogens is 3. The van der Waals surface area contributed by atoms with Gasteiger partial charge in [0.05, 0.1) is 17.8 Å². The number of anilines is 1. The van der Waals surface area contributed by atoms with Crippen LogP contribution in [0.5, 0.6) is 0 Å². The highest BCUT2D eigenvalue weighted by molar-refractivity contribution is 5.98. The molecule has 0 radical (unpaired) electrons. The number of carbonyl (C=O) groups is 2. The van der Waals surface area contributed by atoms with Crippen LogP contribution < -0.4 is 10.6 Å². The van der Waals surface area contributed by atoms with E-state index in [1.54, 1.807) is 10.7 Å². The van der Waals surface area contributed by atoms with Crippen molar-refractivity contribution in [2.75, 3.05) is 11.9 Å². The molecule has 0 aliphatic rings. The van der Waals surface area contributed by atoms with Crippen molar-refractivity contribution in [3.8, 4) is 11.3 Å². The Balaban J connectivity index is 1.65. The predicted octanol–water partition coefficient (Wildman–Crippen LogP) is 3.96. The Morgan fingerprint density at radius 1 is 1.03 bits per heavy atom. The van der Waals surface area contributed by atoms with Crippen LogP contribution in [-0.2, 0) is 15.7 Å². The van der Waals surface area contributed by atoms with Crippen LogP contribution in [0, 0.1) is 0 Å². The van der Waals surface area contributed by atoms with E-state index in [0.717, 1.165) is 11.3 Å². The van der Waals surface area contributed by atoms with Gasteiger partial charge in [0.15, 0.2) is 11.5 Å². The Labute approximate surface area is 182 Å². The Bertz CT molecular complexity index is 1070. The van der Waals surface area contributed by atoms with Crippen molar-refractivity contribution >= 4 is 17.6 Å². The average molecular weight is 424 g/mol. The fourth-order valence-corrected chi connectivity index (χ4v) is 2.91. The molecule has 8 nitrogen and oxygen atoms in total. The molecule has 8 heteroatoms. The number of hydrogen-bond donors (Lipinski definition) is 2. The van der Waals surface area contributed by atoms with E-state index in [0.29, 0.717) is 11.6 Å². The Morgan fingerprint density at radius 2 is 1.71 bits per heavy atom. The molecule has 31 heavy (non-hydrogen) atoms. The lowest BCUT2D eigenvalue weighted by molar-refractivity contribution is -0.115. The standard InChI is InChI=1S/C23H29N5O3/c1-22(2,3)18-13-19(28(26-18)23(4,5)6)25-20(29)14-24-21(30)16-12-17(31-27-16)15-10-8-7-9-11-15/h7-13H,14H2,1-6H3,(H,24,30)(H,25,29). The van der Waals surface area contributed by atoms with Crippen molar-refractivity contribution in [1.29, 1.82) is 0 Å². The lowest BCUT2D eigenvalue weighted by atomic mass is 9.92.